The van der Waals surface area contributed by atoms with E-state index in [4.69, 9.17) is 0 Å². The van der Waals surface area contributed by atoms with Gasteiger partial charge in [0.15, 0.2) is 0 Å². The van der Waals surface area contributed by atoms with Crippen molar-refractivity contribution in [2.75, 3.05) is 6.54 Å². The van der Waals surface area contributed by atoms with Crippen molar-refractivity contribution in [3.8, 4) is 0 Å². The summed E-state index contributed by atoms with van der Waals surface area (Å²) in [6.45, 7) is 5.03. The van der Waals surface area contributed by atoms with Gasteiger partial charge in [0.1, 0.15) is 0 Å². The molecular weight excluding hydrogens is 300 g/mol. The van der Waals surface area contributed by atoms with E-state index in [2.05, 4.69) is 38.3 Å². The Bertz CT molecular complexity index is 486. The third-order valence-corrected chi connectivity index (χ3v) is 4.13. The summed E-state index contributed by atoms with van der Waals surface area (Å²) in [6, 6.07) is 0.146. The number of hydrogen-bond donors (Lipinski definition) is 1. The molecule has 1 atom stereocenters. The average molecular weight is 315 g/mol. The van der Waals surface area contributed by atoms with Crippen LogP contribution < -0.4 is 5.32 Å². The Labute approximate surface area is 113 Å². The highest BCUT2D eigenvalue weighted by atomic mass is 79.9. The normalized spacial score (nSPS) is 12.9. The van der Waals surface area contributed by atoms with E-state index in [9.17, 15) is 0 Å². The predicted octanol–water partition coefficient (Wildman–Crippen LogP) is 2.65. The summed E-state index contributed by atoms with van der Waals surface area (Å²) in [5.41, 5.74) is 1.13. The van der Waals surface area contributed by atoms with Crippen LogP contribution in [0.25, 0.3) is 0 Å². The molecular formula is C11H15BrN4S. The Balaban J connectivity index is 2.42. The molecule has 2 aromatic heterocycles. The first kappa shape index (κ1) is 12.7. The molecule has 0 saturated heterocycles. The number of aryl methyl sites for hydroxylation is 2. The smallest absolute Gasteiger partial charge is 0.0897 e. The second-order valence-electron chi connectivity index (χ2n) is 3.77. The van der Waals surface area contributed by atoms with Crippen molar-refractivity contribution in [3.05, 3.63) is 32.4 Å². The van der Waals surface area contributed by atoms with Crippen molar-refractivity contribution in [3.63, 3.8) is 0 Å². The largest absolute Gasteiger partial charge is 0.305 e. The summed E-state index contributed by atoms with van der Waals surface area (Å²) in [5, 5.41) is 8.83. The van der Waals surface area contributed by atoms with Crippen LogP contribution in [0.15, 0.2) is 16.9 Å². The highest BCUT2D eigenvalue weighted by molar-refractivity contribution is 9.10. The van der Waals surface area contributed by atoms with E-state index in [1.54, 1.807) is 11.3 Å². The van der Waals surface area contributed by atoms with E-state index in [-0.39, 0.29) is 6.04 Å². The number of hydrogen-bond acceptors (Lipinski definition) is 4. The van der Waals surface area contributed by atoms with Crippen molar-refractivity contribution in [2.24, 2.45) is 7.05 Å². The molecule has 0 aromatic carbocycles. The van der Waals surface area contributed by atoms with Gasteiger partial charge in [-0.3, -0.25) is 4.68 Å². The van der Waals surface area contributed by atoms with Gasteiger partial charge in [-0.05, 0) is 29.4 Å². The maximum atomic E-state index is 4.32. The van der Waals surface area contributed by atoms with Crippen molar-refractivity contribution in [2.45, 2.75) is 19.9 Å². The number of thiazole rings is 1. The molecule has 0 amide bonds. The molecule has 17 heavy (non-hydrogen) atoms. The standard InChI is InChI=1S/C11H15BrN4S/c1-4-13-10(9-6-14-7(2)17-9)11-8(12)5-15-16(11)3/h5-6,10,13H,4H2,1-3H3. The summed E-state index contributed by atoms with van der Waals surface area (Å²) < 4.78 is 2.92. The molecule has 0 aliphatic heterocycles. The topological polar surface area (TPSA) is 42.7 Å². The lowest BCUT2D eigenvalue weighted by atomic mass is 10.2. The van der Waals surface area contributed by atoms with E-state index in [0.717, 1.165) is 21.7 Å². The van der Waals surface area contributed by atoms with Crippen molar-refractivity contribution in [1.29, 1.82) is 0 Å². The zero-order valence-corrected chi connectivity index (χ0v) is 12.5. The highest BCUT2D eigenvalue weighted by Gasteiger charge is 2.21. The van der Waals surface area contributed by atoms with E-state index < -0.39 is 0 Å². The van der Waals surface area contributed by atoms with Crippen molar-refractivity contribution >= 4 is 27.3 Å². The van der Waals surface area contributed by atoms with Crippen molar-refractivity contribution < 1.29 is 0 Å². The molecule has 0 saturated carbocycles. The molecule has 1 N–H and O–H groups in total. The minimum Gasteiger partial charge on any atom is -0.305 e. The van der Waals surface area contributed by atoms with Crippen LogP contribution in [0.1, 0.15) is 28.5 Å². The highest BCUT2D eigenvalue weighted by Crippen LogP contribution is 2.30. The SMILES string of the molecule is CCNC(c1cnc(C)s1)c1c(Br)cnn1C. The maximum Gasteiger partial charge on any atom is 0.0897 e. The molecule has 6 heteroatoms. The molecule has 2 rings (SSSR count). The van der Waals surface area contributed by atoms with E-state index in [1.165, 1.54) is 4.88 Å². The lowest BCUT2D eigenvalue weighted by Crippen LogP contribution is -2.23. The molecule has 0 spiro atoms. The van der Waals surface area contributed by atoms with Gasteiger partial charge in [-0.25, -0.2) is 4.98 Å². The Kier molecular flexibility index (Phi) is 3.96. The van der Waals surface area contributed by atoms with Crippen LogP contribution in [0, 0.1) is 6.92 Å². The van der Waals surface area contributed by atoms with E-state index >= 15 is 0 Å². The molecule has 2 aromatic rings. The Morgan fingerprint density at radius 3 is 2.76 bits per heavy atom. The zero-order valence-electron chi connectivity index (χ0n) is 10.1. The first-order chi connectivity index (χ1) is 8.13. The number of halogens is 1. The number of nitrogens with one attached hydrogen (secondary N) is 1. The lowest BCUT2D eigenvalue weighted by molar-refractivity contribution is 0.577. The van der Waals surface area contributed by atoms with Gasteiger partial charge in [0, 0.05) is 18.1 Å². The molecule has 0 fully saturated rings. The second-order valence-corrected chi connectivity index (χ2v) is 5.89. The quantitative estimate of drug-likeness (QED) is 0.943. The first-order valence-electron chi connectivity index (χ1n) is 5.46. The fraction of sp³-hybridized carbons (Fsp3) is 0.455. The first-order valence-corrected chi connectivity index (χ1v) is 7.07. The van der Waals surface area contributed by atoms with Crippen LogP contribution in [0.4, 0.5) is 0 Å². The minimum absolute atomic E-state index is 0.146. The summed E-state index contributed by atoms with van der Waals surface area (Å²) in [4.78, 5) is 5.54. The predicted molar refractivity (Wildman–Crippen MR) is 73.3 cm³/mol. The van der Waals surface area contributed by atoms with Crippen LogP contribution in [-0.4, -0.2) is 21.3 Å². The van der Waals surface area contributed by atoms with Crippen LogP contribution >= 0.6 is 27.3 Å². The molecule has 92 valence electrons. The van der Waals surface area contributed by atoms with Crippen LogP contribution in [0.3, 0.4) is 0 Å². The van der Waals surface area contributed by atoms with Gasteiger partial charge < -0.3 is 5.32 Å². The van der Waals surface area contributed by atoms with Crippen molar-refractivity contribution in [1.82, 2.24) is 20.1 Å². The summed E-state index contributed by atoms with van der Waals surface area (Å²) in [7, 11) is 1.96. The Morgan fingerprint density at radius 2 is 2.29 bits per heavy atom. The van der Waals surface area contributed by atoms with Gasteiger partial charge in [-0.15, -0.1) is 11.3 Å². The summed E-state index contributed by atoms with van der Waals surface area (Å²) in [5.74, 6) is 0. The zero-order chi connectivity index (χ0) is 12.4. The van der Waals surface area contributed by atoms with Gasteiger partial charge >= 0.3 is 0 Å². The molecule has 0 radical (unpaired) electrons. The third-order valence-electron chi connectivity index (χ3n) is 2.54. The molecule has 0 aliphatic rings. The second kappa shape index (κ2) is 5.29. The molecule has 2 heterocycles. The van der Waals surface area contributed by atoms with Gasteiger partial charge in [0.25, 0.3) is 0 Å². The minimum atomic E-state index is 0.146. The maximum absolute atomic E-state index is 4.32. The molecule has 0 bridgehead atoms. The summed E-state index contributed by atoms with van der Waals surface area (Å²) in [6.07, 6.45) is 3.76. The molecule has 1 unspecified atom stereocenters. The average Bonchev–Trinajstić information content (AvgIpc) is 2.84. The van der Waals surface area contributed by atoms with E-state index in [0.29, 0.717) is 0 Å². The molecule has 0 aliphatic carbocycles. The van der Waals surface area contributed by atoms with Crippen LogP contribution in [0.5, 0.6) is 0 Å². The Hall–Kier alpha value is -0.720. The van der Waals surface area contributed by atoms with Crippen LogP contribution in [0.2, 0.25) is 0 Å². The van der Waals surface area contributed by atoms with Gasteiger partial charge in [0.2, 0.25) is 0 Å². The van der Waals surface area contributed by atoms with Crippen LogP contribution in [-0.2, 0) is 7.05 Å². The number of nitrogens with zero attached hydrogens (tertiary/aromatic N) is 3. The molecule has 4 nitrogen and oxygen atoms in total. The number of aromatic nitrogens is 3. The third kappa shape index (κ3) is 2.59. The summed E-state index contributed by atoms with van der Waals surface area (Å²) >= 11 is 5.27. The monoisotopic (exact) mass is 314 g/mol. The Morgan fingerprint density at radius 1 is 1.53 bits per heavy atom. The fourth-order valence-corrected chi connectivity index (χ4v) is 3.23. The van der Waals surface area contributed by atoms with Gasteiger partial charge in [-0.1, -0.05) is 6.92 Å². The number of rotatable bonds is 4. The lowest BCUT2D eigenvalue weighted by Gasteiger charge is -2.17. The fourth-order valence-electron chi connectivity index (χ4n) is 1.79. The van der Waals surface area contributed by atoms with Gasteiger partial charge in [-0.2, -0.15) is 5.10 Å². The van der Waals surface area contributed by atoms with Gasteiger partial charge in [0.05, 0.1) is 27.4 Å². The van der Waals surface area contributed by atoms with E-state index in [1.807, 2.05) is 31.0 Å².